The first-order valence-electron chi connectivity index (χ1n) is 5.65. The zero-order chi connectivity index (χ0) is 14.5. The van der Waals surface area contributed by atoms with Gasteiger partial charge in [-0.1, -0.05) is 13.0 Å². The Bertz CT molecular complexity index is 521. The molecule has 0 fully saturated rings. The molecule has 0 saturated heterocycles. The van der Waals surface area contributed by atoms with Crippen molar-refractivity contribution in [2.45, 2.75) is 18.0 Å². The minimum Gasteiger partial charge on any atom is -0.316 e. The van der Waals surface area contributed by atoms with Crippen molar-refractivity contribution in [3.63, 3.8) is 0 Å². The van der Waals surface area contributed by atoms with E-state index in [1.165, 1.54) is 0 Å². The molecule has 0 spiro atoms. The van der Waals surface area contributed by atoms with Crippen LogP contribution in [0.4, 0.5) is 13.2 Å². The summed E-state index contributed by atoms with van der Waals surface area (Å²) in [4.78, 5) is -0.390. The lowest BCUT2D eigenvalue weighted by Gasteiger charge is -2.10. The molecule has 0 aliphatic rings. The molecule has 20 heavy (non-hydrogen) atoms. The van der Waals surface area contributed by atoms with E-state index in [4.69, 9.17) is 0 Å². The van der Waals surface area contributed by atoms with Gasteiger partial charge >= 0.3 is 6.18 Å². The summed E-state index contributed by atoms with van der Waals surface area (Å²) in [5.41, 5.74) is -0.984. The summed E-state index contributed by atoms with van der Waals surface area (Å²) in [5.74, 6) is 0. The minimum absolute atomic E-state index is 0. The standard InChI is InChI=1S/C11H15F3N2O2S.ClH/c1-2-15-6-7-16-19(17,18)10-5-3-4-9(8-10)11(12,13)14;/h3-5,8,15-16H,2,6-7H2,1H3;1H. The van der Waals surface area contributed by atoms with Gasteiger partial charge in [-0.3, -0.25) is 0 Å². The number of hydrogen-bond acceptors (Lipinski definition) is 3. The highest BCUT2D eigenvalue weighted by atomic mass is 35.5. The van der Waals surface area contributed by atoms with E-state index in [0.29, 0.717) is 19.2 Å². The van der Waals surface area contributed by atoms with Gasteiger partial charge in [0.05, 0.1) is 10.5 Å². The molecule has 1 aromatic carbocycles. The van der Waals surface area contributed by atoms with Crippen LogP contribution >= 0.6 is 12.4 Å². The number of benzene rings is 1. The first-order valence-corrected chi connectivity index (χ1v) is 7.13. The van der Waals surface area contributed by atoms with Gasteiger partial charge in [-0.2, -0.15) is 13.2 Å². The third-order valence-corrected chi connectivity index (χ3v) is 3.77. The van der Waals surface area contributed by atoms with Gasteiger partial charge in [0, 0.05) is 13.1 Å². The highest BCUT2D eigenvalue weighted by Crippen LogP contribution is 2.30. The normalized spacial score (nSPS) is 12.0. The van der Waals surface area contributed by atoms with Crippen molar-refractivity contribution in [3.05, 3.63) is 29.8 Å². The molecule has 0 radical (unpaired) electrons. The van der Waals surface area contributed by atoms with Crippen LogP contribution in [0.25, 0.3) is 0 Å². The third kappa shape index (κ3) is 5.66. The Morgan fingerprint density at radius 2 is 1.85 bits per heavy atom. The van der Waals surface area contributed by atoms with Gasteiger partial charge in [-0.15, -0.1) is 12.4 Å². The number of sulfonamides is 1. The van der Waals surface area contributed by atoms with Crippen molar-refractivity contribution < 1.29 is 21.6 Å². The molecule has 1 aromatic rings. The van der Waals surface area contributed by atoms with E-state index in [9.17, 15) is 21.6 Å². The number of rotatable bonds is 6. The lowest BCUT2D eigenvalue weighted by atomic mass is 10.2. The minimum atomic E-state index is -4.56. The van der Waals surface area contributed by atoms with Gasteiger partial charge in [0.1, 0.15) is 0 Å². The fourth-order valence-corrected chi connectivity index (χ4v) is 2.45. The maximum absolute atomic E-state index is 12.5. The van der Waals surface area contributed by atoms with Crippen LogP contribution in [0.3, 0.4) is 0 Å². The van der Waals surface area contributed by atoms with E-state index in [1.807, 2.05) is 6.92 Å². The second kappa shape index (κ2) is 7.82. The lowest BCUT2D eigenvalue weighted by Crippen LogP contribution is -2.31. The highest BCUT2D eigenvalue weighted by Gasteiger charge is 2.31. The Hall–Kier alpha value is -0.830. The lowest BCUT2D eigenvalue weighted by molar-refractivity contribution is -0.137. The summed E-state index contributed by atoms with van der Waals surface area (Å²) < 4.78 is 63.2. The van der Waals surface area contributed by atoms with Gasteiger partial charge in [0.15, 0.2) is 0 Å². The molecule has 4 nitrogen and oxygen atoms in total. The fourth-order valence-electron chi connectivity index (χ4n) is 1.37. The van der Waals surface area contributed by atoms with E-state index in [2.05, 4.69) is 10.0 Å². The van der Waals surface area contributed by atoms with Gasteiger partial charge in [0.2, 0.25) is 10.0 Å². The van der Waals surface area contributed by atoms with Crippen molar-refractivity contribution in [2.24, 2.45) is 0 Å². The van der Waals surface area contributed by atoms with Crippen LogP contribution in [0.5, 0.6) is 0 Å². The predicted octanol–water partition coefficient (Wildman–Crippen LogP) is 2.02. The Kier molecular flexibility index (Phi) is 7.50. The number of halogens is 4. The van der Waals surface area contributed by atoms with E-state index < -0.39 is 21.8 Å². The van der Waals surface area contributed by atoms with Crippen molar-refractivity contribution >= 4 is 22.4 Å². The van der Waals surface area contributed by atoms with E-state index in [0.717, 1.165) is 18.2 Å². The van der Waals surface area contributed by atoms with Crippen molar-refractivity contribution in [1.82, 2.24) is 10.0 Å². The first kappa shape index (κ1) is 19.2. The van der Waals surface area contributed by atoms with Crippen LogP contribution in [-0.4, -0.2) is 28.1 Å². The molecule has 0 aromatic heterocycles. The maximum Gasteiger partial charge on any atom is 0.416 e. The highest BCUT2D eigenvalue weighted by molar-refractivity contribution is 7.89. The molecule has 0 aliphatic heterocycles. The van der Waals surface area contributed by atoms with Gasteiger partial charge < -0.3 is 5.32 Å². The Morgan fingerprint density at radius 3 is 2.40 bits per heavy atom. The molecule has 0 saturated carbocycles. The largest absolute Gasteiger partial charge is 0.416 e. The van der Waals surface area contributed by atoms with Crippen LogP contribution in [0.2, 0.25) is 0 Å². The zero-order valence-corrected chi connectivity index (χ0v) is 12.3. The maximum atomic E-state index is 12.5. The summed E-state index contributed by atoms with van der Waals surface area (Å²) in [5, 5.41) is 2.90. The molecule has 0 heterocycles. The van der Waals surface area contributed by atoms with Crippen molar-refractivity contribution in [2.75, 3.05) is 19.6 Å². The van der Waals surface area contributed by atoms with E-state index in [1.54, 1.807) is 0 Å². The topological polar surface area (TPSA) is 58.2 Å². The molecule has 0 aliphatic carbocycles. The molecule has 0 unspecified atom stereocenters. The van der Waals surface area contributed by atoms with Gasteiger partial charge in [-0.05, 0) is 24.7 Å². The van der Waals surface area contributed by atoms with Crippen LogP contribution < -0.4 is 10.0 Å². The molecule has 0 atom stereocenters. The molecule has 0 bridgehead atoms. The van der Waals surface area contributed by atoms with Crippen LogP contribution in [-0.2, 0) is 16.2 Å². The monoisotopic (exact) mass is 332 g/mol. The van der Waals surface area contributed by atoms with Crippen LogP contribution in [0, 0.1) is 0 Å². The summed E-state index contributed by atoms with van der Waals surface area (Å²) in [6.07, 6.45) is -4.56. The number of likely N-dealkylation sites (N-methyl/N-ethyl adjacent to an activating group) is 1. The Labute approximate surface area is 122 Å². The van der Waals surface area contributed by atoms with Crippen LogP contribution in [0.15, 0.2) is 29.2 Å². The zero-order valence-electron chi connectivity index (χ0n) is 10.7. The molecule has 116 valence electrons. The number of nitrogens with one attached hydrogen (secondary N) is 2. The average molecular weight is 333 g/mol. The van der Waals surface area contributed by atoms with Crippen molar-refractivity contribution in [1.29, 1.82) is 0 Å². The molecular weight excluding hydrogens is 317 g/mol. The Morgan fingerprint density at radius 1 is 1.20 bits per heavy atom. The summed E-state index contributed by atoms with van der Waals surface area (Å²) in [6, 6.07) is 3.65. The molecular formula is C11H16ClF3N2O2S. The predicted molar refractivity (Wildman–Crippen MR) is 72.4 cm³/mol. The van der Waals surface area contributed by atoms with E-state index in [-0.39, 0.29) is 23.8 Å². The molecule has 2 N–H and O–H groups in total. The summed E-state index contributed by atoms with van der Waals surface area (Å²) in [7, 11) is -3.91. The smallest absolute Gasteiger partial charge is 0.316 e. The second-order valence-electron chi connectivity index (χ2n) is 3.78. The average Bonchev–Trinajstić information content (AvgIpc) is 2.34. The van der Waals surface area contributed by atoms with E-state index >= 15 is 0 Å². The summed E-state index contributed by atoms with van der Waals surface area (Å²) in [6.45, 7) is 3.08. The quantitative estimate of drug-likeness (QED) is 0.784. The summed E-state index contributed by atoms with van der Waals surface area (Å²) >= 11 is 0. The SMILES string of the molecule is CCNCCNS(=O)(=O)c1cccc(C(F)(F)F)c1.Cl. The van der Waals surface area contributed by atoms with Gasteiger partial charge in [-0.25, -0.2) is 13.1 Å². The Balaban J connectivity index is 0.00000361. The van der Waals surface area contributed by atoms with Gasteiger partial charge in [0.25, 0.3) is 0 Å². The fraction of sp³-hybridized carbons (Fsp3) is 0.455. The van der Waals surface area contributed by atoms with Crippen molar-refractivity contribution in [3.8, 4) is 0 Å². The molecule has 0 amide bonds. The first-order chi connectivity index (χ1) is 8.77. The molecule has 1 rings (SSSR count). The number of hydrogen-bond donors (Lipinski definition) is 2. The number of alkyl halides is 3. The van der Waals surface area contributed by atoms with Crippen LogP contribution in [0.1, 0.15) is 12.5 Å². The third-order valence-electron chi connectivity index (χ3n) is 2.32. The molecule has 9 heteroatoms. The second-order valence-corrected chi connectivity index (χ2v) is 5.54.